The molecule has 2 saturated heterocycles. The summed E-state index contributed by atoms with van der Waals surface area (Å²) in [5.74, 6) is 2.15. The zero-order valence-corrected chi connectivity index (χ0v) is 19.7. The summed E-state index contributed by atoms with van der Waals surface area (Å²) in [4.78, 5) is 20.5. The molecule has 3 aromatic rings. The normalized spacial score (nSPS) is 19.7. The van der Waals surface area contributed by atoms with Gasteiger partial charge in [-0.05, 0) is 43.4 Å². The van der Waals surface area contributed by atoms with Gasteiger partial charge in [-0.3, -0.25) is 4.90 Å². The molecule has 2 aliphatic heterocycles. The van der Waals surface area contributed by atoms with Gasteiger partial charge in [0, 0.05) is 49.8 Å². The van der Waals surface area contributed by atoms with Crippen LogP contribution >= 0.6 is 11.3 Å². The largest absolute Gasteiger partial charge is 0.379 e. The van der Waals surface area contributed by atoms with Crippen molar-refractivity contribution in [3.05, 3.63) is 46.1 Å². The monoisotopic (exact) mass is 449 g/mol. The van der Waals surface area contributed by atoms with Crippen LogP contribution in [0.15, 0.2) is 24.3 Å². The van der Waals surface area contributed by atoms with Crippen LogP contribution in [0.5, 0.6) is 0 Å². The number of thiophene rings is 1. The molecule has 3 aliphatic rings. The van der Waals surface area contributed by atoms with Crippen molar-refractivity contribution in [2.75, 3.05) is 62.3 Å². The van der Waals surface area contributed by atoms with Crippen LogP contribution < -0.4 is 9.80 Å². The van der Waals surface area contributed by atoms with Crippen molar-refractivity contribution >= 4 is 33.1 Å². The van der Waals surface area contributed by atoms with Gasteiger partial charge in [0.2, 0.25) is 0 Å². The first kappa shape index (κ1) is 20.4. The van der Waals surface area contributed by atoms with Crippen LogP contribution in [0.1, 0.15) is 28.2 Å². The Morgan fingerprint density at radius 2 is 1.72 bits per heavy atom. The fourth-order valence-electron chi connectivity index (χ4n) is 5.36. The number of rotatable bonds is 4. The van der Waals surface area contributed by atoms with Crippen LogP contribution in [-0.4, -0.2) is 67.4 Å². The minimum Gasteiger partial charge on any atom is -0.379 e. The lowest BCUT2D eigenvalue weighted by atomic mass is 10.1. The number of anilines is 2. The zero-order valence-electron chi connectivity index (χ0n) is 18.8. The number of ether oxygens (including phenoxy) is 1. The number of benzene rings is 1. The molecule has 1 aliphatic carbocycles. The molecule has 2 fully saturated rings. The third kappa shape index (κ3) is 3.76. The molecule has 1 aromatic carbocycles. The Morgan fingerprint density at radius 1 is 0.938 bits per heavy atom. The fourth-order valence-corrected chi connectivity index (χ4v) is 6.63. The van der Waals surface area contributed by atoms with Gasteiger partial charge in [-0.15, -0.1) is 11.3 Å². The summed E-state index contributed by atoms with van der Waals surface area (Å²) >= 11 is 1.91. The van der Waals surface area contributed by atoms with Gasteiger partial charge in [-0.2, -0.15) is 0 Å². The van der Waals surface area contributed by atoms with Crippen LogP contribution in [0, 0.1) is 6.92 Å². The molecule has 0 spiro atoms. The van der Waals surface area contributed by atoms with E-state index < -0.39 is 0 Å². The molecule has 0 amide bonds. The Kier molecular flexibility index (Phi) is 5.49. The number of hydrogen-bond acceptors (Lipinski definition) is 7. The molecule has 0 N–H and O–H groups in total. The Balaban J connectivity index is 1.30. The van der Waals surface area contributed by atoms with Crippen molar-refractivity contribution in [3.8, 4) is 0 Å². The predicted molar refractivity (Wildman–Crippen MR) is 131 cm³/mol. The SMILES string of the molecule is Cc1ccccc1N1CCN(c2nc(CN3CCOCC3)nc3sc4c(c23)CCC4)CC1. The molecule has 0 radical (unpaired) electrons. The van der Waals surface area contributed by atoms with Gasteiger partial charge in [-0.1, -0.05) is 18.2 Å². The Hall–Kier alpha value is -2.22. The van der Waals surface area contributed by atoms with Gasteiger partial charge in [-0.25, -0.2) is 9.97 Å². The molecule has 6 rings (SSSR count). The van der Waals surface area contributed by atoms with Gasteiger partial charge in [0.15, 0.2) is 0 Å². The van der Waals surface area contributed by atoms with E-state index in [-0.39, 0.29) is 0 Å². The molecule has 0 unspecified atom stereocenters. The smallest absolute Gasteiger partial charge is 0.146 e. The van der Waals surface area contributed by atoms with Crippen molar-refractivity contribution in [3.63, 3.8) is 0 Å². The Morgan fingerprint density at radius 3 is 2.53 bits per heavy atom. The molecule has 0 atom stereocenters. The molecule has 7 heteroatoms. The summed E-state index contributed by atoms with van der Waals surface area (Å²) in [5, 5.41) is 1.34. The van der Waals surface area contributed by atoms with Gasteiger partial charge < -0.3 is 14.5 Å². The number of hydrogen-bond donors (Lipinski definition) is 0. The summed E-state index contributed by atoms with van der Waals surface area (Å²) in [6, 6.07) is 8.73. The van der Waals surface area contributed by atoms with Crippen LogP contribution in [0.3, 0.4) is 0 Å². The van der Waals surface area contributed by atoms with E-state index in [1.807, 2.05) is 11.3 Å². The highest BCUT2D eigenvalue weighted by molar-refractivity contribution is 7.19. The average Bonchev–Trinajstić information content (AvgIpc) is 3.41. The van der Waals surface area contributed by atoms with E-state index in [0.29, 0.717) is 0 Å². The number of para-hydroxylation sites is 1. The molecule has 2 aromatic heterocycles. The van der Waals surface area contributed by atoms with E-state index in [0.717, 1.165) is 64.9 Å². The van der Waals surface area contributed by atoms with Gasteiger partial charge in [0.1, 0.15) is 16.5 Å². The van der Waals surface area contributed by atoms with E-state index in [4.69, 9.17) is 14.7 Å². The van der Waals surface area contributed by atoms with Crippen molar-refractivity contribution in [2.24, 2.45) is 0 Å². The summed E-state index contributed by atoms with van der Waals surface area (Å²) in [7, 11) is 0. The number of piperazine rings is 1. The fraction of sp³-hybridized carbons (Fsp3) is 0.520. The third-order valence-electron chi connectivity index (χ3n) is 7.10. The first-order valence-corrected chi connectivity index (χ1v) is 12.7. The maximum absolute atomic E-state index is 5.53. The highest BCUT2D eigenvalue weighted by atomic mass is 32.1. The van der Waals surface area contributed by atoms with E-state index in [1.165, 1.54) is 57.0 Å². The first-order chi connectivity index (χ1) is 15.8. The summed E-state index contributed by atoms with van der Waals surface area (Å²) < 4.78 is 5.53. The topological polar surface area (TPSA) is 44.7 Å². The van der Waals surface area contributed by atoms with Crippen LogP contribution in [0.4, 0.5) is 11.5 Å². The standard InChI is InChI=1S/C25H31N5OS/c1-18-5-2-3-7-20(18)29-9-11-30(12-10-29)24-23-19-6-4-8-21(19)32-25(23)27-22(26-24)17-28-13-15-31-16-14-28/h2-3,5,7H,4,6,8-17H2,1H3. The van der Waals surface area contributed by atoms with Crippen molar-refractivity contribution < 1.29 is 4.74 Å². The lowest BCUT2D eigenvalue weighted by Crippen LogP contribution is -2.47. The predicted octanol–water partition coefficient (Wildman–Crippen LogP) is 3.65. The summed E-state index contributed by atoms with van der Waals surface area (Å²) in [6.07, 6.45) is 3.65. The number of aryl methyl sites for hydroxylation is 3. The lowest BCUT2D eigenvalue weighted by Gasteiger charge is -2.38. The van der Waals surface area contributed by atoms with Gasteiger partial charge in [0.25, 0.3) is 0 Å². The number of fused-ring (bicyclic) bond motifs is 3. The maximum Gasteiger partial charge on any atom is 0.146 e. The second-order valence-electron chi connectivity index (χ2n) is 9.15. The highest BCUT2D eigenvalue weighted by Gasteiger charge is 2.27. The molecule has 4 heterocycles. The molecule has 6 nitrogen and oxygen atoms in total. The number of morpholine rings is 1. The Labute approximate surface area is 193 Å². The molecule has 0 bridgehead atoms. The van der Waals surface area contributed by atoms with E-state index in [1.54, 1.807) is 0 Å². The minimum absolute atomic E-state index is 0.809. The highest BCUT2D eigenvalue weighted by Crippen LogP contribution is 2.41. The van der Waals surface area contributed by atoms with Crippen LogP contribution in [0.2, 0.25) is 0 Å². The van der Waals surface area contributed by atoms with E-state index in [2.05, 4.69) is 45.9 Å². The molecule has 168 valence electrons. The van der Waals surface area contributed by atoms with E-state index >= 15 is 0 Å². The summed E-state index contributed by atoms with van der Waals surface area (Å²) in [6.45, 7) is 10.6. The summed E-state index contributed by atoms with van der Waals surface area (Å²) in [5.41, 5.74) is 4.25. The molecular formula is C25H31N5OS. The van der Waals surface area contributed by atoms with Crippen molar-refractivity contribution in [1.29, 1.82) is 0 Å². The van der Waals surface area contributed by atoms with Crippen molar-refractivity contribution in [2.45, 2.75) is 32.7 Å². The quantitative estimate of drug-likeness (QED) is 0.606. The zero-order chi connectivity index (χ0) is 21.5. The number of nitrogens with zero attached hydrogens (tertiary/aromatic N) is 5. The van der Waals surface area contributed by atoms with Gasteiger partial charge in [0.05, 0.1) is 25.1 Å². The van der Waals surface area contributed by atoms with E-state index in [9.17, 15) is 0 Å². The van der Waals surface area contributed by atoms with Gasteiger partial charge >= 0.3 is 0 Å². The average molecular weight is 450 g/mol. The Bertz CT molecular complexity index is 1110. The number of aromatic nitrogens is 2. The minimum atomic E-state index is 0.809. The maximum atomic E-state index is 5.53. The van der Waals surface area contributed by atoms with Crippen LogP contribution in [0.25, 0.3) is 10.2 Å². The van der Waals surface area contributed by atoms with Crippen molar-refractivity contribution in [1.82, 2.24) is 14.9 Å². The first-order valence-electron chi connectivity index (χ1n) is 11.9. The molecular weight excluding hydrogens is 418 g/mol. The third-order valence-corrected chi connectivity index (χ3v) is 8.28. The second kappa shape index (κ2) is 8.61. The van der Waals surface area contributed by atoms with Crippen LogP contribution in [-0.2, 0) is 24.1 Å². The molecule has 0 saturated carbocycles. The lowest BCUT2D eigenvalue weighted by molar-refractivity contribution is 0.0331. The molecule has 32 heavy (non-hydrogen) atoms. The second-order valence-corrected chi connectivity index (χ2v) is 10.2.